The predicted octanol–water partition coefficient (Wildman–Crippen LogP) is 3.52. The lowest BCUT2D eigenvalue weighted by molar-refractivity contribution is 0.198. The van der Waals surface area contributed by atoms with Crippen molar-refractivity contribution in [2.75, 3.05) is 26.2 Å². The third kappa shape index (κ3) is 5.71. The van der Waals surface area contributed by atoms with E-state index >= 15 is 0 Å². The number of hydrogen-bond acceptors (Lipinski definition) is 2. The Labute approximate surface area is 115 Å². The Morgan fingerprint density at radius 1 is 1.11 bits per heavy atom. The molecule has 1 unspecified atom stereocenters. The molecule has 0 bridgehead atoms. The van der Waals surface area contributed by atoms with Crippen molar-refractivity contribution in [1.82, 2.24) is 10.2 Å². The highest BCUT2D eigenvalue weighted by Crippen LogP contribution is 2.28. The summed E-state index contributed by atoms with van der Waals surface area (Å²) in [5.74, 6) is 1.71. The van der Waals surface area contributed by atoms with Crippen LogP contribution in [-0.2, 0) is 0 Å². The first-order valence-corrected chi connectivity index (χ1v) is 8.13. The molecule has 108 valence electrons. The van der Waals surface area contributed by atoms with Gasteiger partial charge in [-0.2, -0.15) is 0 Å². The lowest BCUT2D eigenvalue weighted by Gasteiger charge is -2.32. The molecule has 1 atom stereocenters. The highest BCUT2D eigenvalue weighted by atomic mass is 15.1. The van der Waals surface area contributed by atoms with Gasteiger partial charge in [-0.25, -0.2) is 0 Å². The van der Waals surface area contributed by atoms with E-state index < -0.39 is 0 Å². The maximum Gasteiger partial charge on any atom is 0.0223 e. The summed E-state index contributed by atoms with van der Waals surface area (Å²) in [5, 5.41) is 3.81. The van der Waals surface area contributed by atoms with Crippen LogP contribution in [0.15, 0.2) is 0 Å². The number of likely N-dealkylation sites (N-methyl/N-ethyl adjacent to an activating group) is 1. The second kappa shape index (κ2) is 8.92. The van der Waals surface area contributed by atoms with Gasteiger partial charge in [-0.15, -0.1) is 0 Å². The van der Waals surface area contributed by atoms with Crippen LogP contribution >= 0.6 is 0 Å². The molecule has 0 amide bonds. The van der Waals surface area contributed by atoms with Gasteiger partial charge in [-0.3, -0.25) is 0 Å². The second-order valence-corrected chi connectivity index (χ2v) is 6.35. The van der Waals surface area contributed by atoms with Crippen LogP contribution < -0.4 is 5.32 Å². The van der Waals surface area contributed by atoms with Gasteiger partial charge in [-0.05, 0) is 44.2 Å². The number of nitrogens with zero attached hydrogens (tertiary/aromatic N) is 1. The normalized spacial score (nSPS) is 19.0. The van der Waals surface area contributed by atoms with Gasteiger partial charge < -0.3 is 10.2 Å². The van der Waals surface area contributed by atoms with E-state index in [4.69, 9.17) is 0 Å². The summed E-state index contributed by atoms with van der Waals surface area (Å²) in [6.07, 6.45) is 7.04. The molecular formula is C16H34N2. The Bertz CT molecular complexity index is 197. The largest absolute Gasteiger partial charge is 0.312 e. The van der Waals surface area contributed by atoms with Crippen molar-refractivity contribution in [3.05, 3.63) is 0 Å². The predicted molar refractivity (Wildman–Crippen MR) is 81.0 cm³/mol. The van der Waals surface area contributed by atoms with Crippen molar-refractivity contribution in [2.24, 2.45) is 11.8 Å². The van der Waals surface area contributed by atoms with Crippen molar-refractivity contribution in [2.45, 2.75) is 65.8 Å². The van der Waals surface area contributed by atoms with E-state index in [1.807, 2.05) is 0 Å². The summed E-state index contributed by atoms with van der Waals surface area (Å²) in [7, 11) is 0. The molecule has 0 aliphatic heterocycles. The van der Waals surface area contributed by atoms with Crippen LogP contribution in [0, 0.1) is 11.8 Å². The molecule has 0 aromatic heterocycles. The average Bonchev–Trinajstić information content (AvgIpc) is 2.86. The van der Waals surface area contributed by atoms with Crippen LogP contribution in [-0.4, -0.2) is 37.1 Å². The van der Waals surface area contributed by atoms with Crippen molar-refractivity contribution in [1.29, 1.82) is 0 Å². The van der Waals surface area contributed by atoms with Crippen LogP contribution in [0.25, 0.3) is 0 Å². The fourth-order valence-electron chi connectivity index (χ4n) is 3.20. The lowest BCUT2D eigenvalue weighted by Crippen LogP contribution is -2.46. The molecule has 0 heterocycles. The molecule has 2 heteroatoms. The first-order valence-electron chi connectivity index (χ1n) is 8.13. The van der Waals surface area contributed by atoms with E-state index in [0.717, 1.165) is 17.9 Å². The van der Waals surface area contributed by atoms with Gasteiger partial charge in [0, 0.05) is 19.1 Å². The highest BCUT2D eigenvalue weighted by molar-refractivity contribution is 4.83. The molecule has 1 saturated carbocycles. The quantitative estimate of drug-likeness (QED) is 0.677. The van der Waals surface area contributed by atoms with E-state index in [-0.39, 0.29) is 0 Å². The SMILES string of the molecule is CCCNC(CN(CC)CC(C)C)C1CCCC1. The number of nitrogens with one attached hydrogen (secondary N) is 1. The summed E-state index contributed by atoms with van der Waals surface area (Å²) in [6, 6.07) is 0.728. The van der Waals surface area contributed by atoms with E-state index in [1.54, 1.807) is 0 Å². The van der Waals surface area contributed by atoms with Gasteiger partial charge in [-0.1, -0.05) is 40.5 Å². The standard InChI is InChI=1S/C16H34N2/c1-5-11-17-16(15-9-7-8-10-15)13-18(6-2)12-14(3)4/h14-17H,5-13H2,1-4H3. The minimum Gasteiger partial charge on any atom is -0.312 e. The van der Waals surface area contributed by atoms with Gasteiger partial charge in [0.05, 0.1) is 0 Å². The van der Waals surface area contributed by atoms with Gasteiger partial charge in [0.15, 0.2) is 0 Å². The van der Waals surface area contributed by atoms with E-state index in [9.17, 15) is 0 Å². The van der Waals surface area contributed by atoms with Gasteiger partial charge in [0.25, 0.3) is 0 Å². The Kier molecular flexibility index (Phi) is 7.92. The molecule has 0 aromatic carbocycles. The van der Waals surface area contributed by atoms with Crippen LogP contribution in [0.2, 0.25) is 0 Å². The van der Waals surface area contributed by atoms with Gasteiger partial charge >= 0.3 is 0 Å². The summed E-state index contributed by atoms with van der Waals surface area (Å²) < 4.78 is 0. The minimum atomic E-state index is 0.728. The molecule has 2 nitrogen and oxygen atoms in total. The van der Waals surface area contributed by atoms with Crippen LogP contribution in [0.1, 0.15) is 59.8 Å². The Morgan fingerprint density at radius 2 is 1.78 bits per heavy atom. The molecule has 0 aromatic rings. The van der Waals surface area contributed by atoms with E-state index in [0.29, 0.717) is 0 Å². The van der Waals surface area contributed by atoms with E-state index in [1.165, 1.54) is 58.3 Å². The lowest BCUT2D eigenvalue weighted by atomic mass is 9.97. The molecule has 1 rings (SSSR count). The average molecular weight is 254 g/mol. The zero-order valence-corrected chi connectivity index (χ0v) is 13.0. The topological polar surface area (TPSA) is 15.3 Å². The second-order valence-electron chi connectivity index (χ2n) is 6.35. The third-order valence-corrected chi connectivity index (χ3v) is 4.15. The van der Waals surface area contributed by atoms with Crippen molar-refractivity contribution >= 4 is 0 Å². The maximum atomic E-state index is 3.81. The highest BCUT2D eigenvalue weighted by Gasteiger charge is 2.25. The molecule has 0 spiro atoms. The summed E-state index contributed by atoms with van der Waals surface area (Å²) in [4.78, 5) is 2.64. The zero-order valence-electron chi connectivity index (χ0n) is 13.0. The molecule has 1 N–H and O–H groups in total. The monoisotopic (exact) mass is 254 g/mol. The fraction of sp³-hybridized carbons (Fsp3) is 1.00. The van der Waals surface area contributed by atoms with Crippen molar-refractivity contribution in [3.63, 3.8) is 0 Å². The van der Waals surface area contributed by atoms with E-state index in [2.05, 4.69) is 37.9 Å². The Morgan fingerprint density at radius 3 is 2.28 bits per heavy atom. The van der Waals surface area contributed by atoms with Crippen molar-refractivity contribution < 1.29 is 0 Å². The first kappa shape index (κ1) is 16.0. The fourth-order valence-corrected chi connectivity index (χ4v) is 3.20. The molecule has 1 aliphatic carbocycles. The molecule has 18 heavy (non-hydrogen) atoms. The molecule has 1 aliphatic rings. The van der Waals surface area contributed by atoms with Crippen LogP contribution in [0.3, 0.4) is 0 Å². The Balaban J connectivity index is 2.46. The zero-order chi connectivity index (χ0) is 13.4. The van der Waals surface area contributed by atoms with Gasteiger partial charge in [0.1, 0.15) is 0 Å². The number of hydrogen-bond donors (Lipinski definition) is 1. The van der Waals surface area contributed by atoms with Crippen molar-refractivity contribution in [3.8, 4) is 0 Å². The first-order chi connectivity index (χ1) is 8.67. The third-order valence-electron chi connectivity index (χ3n) is 4.15. The summed E-state index contributed by atoms with van der Waals surface area (Å²) >= 11 is 0. The Hall–Kier alpha value is -0.0800. The smallest absolute Gasteiger partial charge is 0.0223 e. The van der Waals surface area contributed by atoms with Gasteiger partial charge in [0.2, 0.25) is 0 Å². The molecule has 1 fully saturated rings. The minimum absolute atomic E-state index is 0.728. The number of rotatable bonds is 9. The molecule has 0 radical (unpaired) electrons. The van der Waals surface area contributed by atoms with Crippen LogP contribution in [0.4, 0.5) is 0 Å². The molecular weight excluding hydrogens is 220 g/mol. The molecule has 0 saturated heterocycles. The summed E-state index contributed by atoms with van der Waals surface area (Å²) in [6.45, 7) is 14.1. The van der Waals surface area contributed by atoms with Crippen LogP contribution in [0.5, 0.6) is 0 Å². The maximum absolute atomic E-state index is 3.81. The summed E-state index contributed by atoms with van der Waals surface area (Å²) in [5.41, 5.74) is 0.